The minimum absolute atomic E-state index is 0.178. The van der Waals surface area contributed by atoms with Gasteiger partial charge in [-0.3, -0.25) is 4.98 Å². The monoisotopic (exact) mass is 525 g/mol. The molecule has 7 nitrogen and oxygen atoms in total. The minimum Gasteiger partial charge on any atom is -0.493 e. The fraction of sp³-hybridized carbons (Fsp3) is 0.370. The number of hydrogen-bond donors (Lipinski definition) is 0. The van der Waals surface area contributed by atoms with E-state index in [4.69, 9.17) is 37.7 Å². The van der Waals surface area contributed by atoms with Gasteiger partial charge >= 0.3 is 0 Å². The first-order valence-electron chi connectivity index (χ1n) is 12.0. The van der Waals surface area contributed by atoms with E-state index in [1.807, 2.05) is 44.4 Å². The van der Waals surface area contributed by atoms with Gasteiger partial charge in [0.15, 0.2) is 5.52 Å². The molecule has 1 aliphatic rings. The standard InChI is InChI=1S/C27H29Cl2N5O2/c1-27(9-10-27)36-26-24-23(8-12-31-26)34(17-19-15-18(28)7-11-30-19)25(32-24)21-6-5-20(16-22(21)29)35-14-4-13-33(2)3/h5-8,11-12,15-16H,4,9-10,13-14,17H2,1-3H3. The minimum atomic E-state index is -0.178. The van der Waals surface area contributed by atoms with Crippen LogP contribution in [0, 0.1) is 0 Å². The summed E-state index contributed by atoms with van der Waals surface area (Å²) in [4.78, 5) is 16.1. The summed E-state index contributed by atoms with van der Waals surface area (Å²) in [5.74, 6) is 1.97. The Morgan fingerprint density at radius 2 is 1.86 bits per heavy atom. The maximum absolute atomic E-state index is 6.79. The smallest absolute Gasteiger partial charge is 0.242 e. The lowest BCUT2D eigenvalue weighted by Crippen LogP contribution is -2.15. The van der Waals surface area contributed by atoms with Gasteiger partial charge in [0.05, 0.1) is 29.4 Å². The van der Waals surface area contributed by atoms with E-state index in [0.29, 0.717) is 40.4 Å². The van der Waals surface area contributed by atoms with Crippen molar-refractivity contribution >= 4 is 34.2 Å². The zero-order chi connectivity index (χ0) is 25.3. The van der Waals surface area contributed by atoms with Gasteiger partial charge in [0.2, 0.25) is 5.88 Å². The van der Waals surface area contributed by atoms with Gasteiger partial charge in [-0.1, -0.05) is 23.2 Å². The Balaban J connectivity index is 1.53. The largest absolute Gasteiger partial charge is 0.493 e. The lowest BCUT2D eigenvalue weighted by atomic mass is 10.2. The van der Waals surface area contributed by atoms with Gasteiger partial charge in [0.25, 0.3) is 0 Å². The van der Waals surface area contributed by atoms with Crippen molar-refractivity contribution < 1.29 is 9.47 Å². The molecule has 5 rings (SSSR count). The number of hydrogen-bond acceptors (Lipinski definition) is 6. The SMILES string of the molecule is CN(C)CCCOc1ccc(-c2nc3c(OC4(C)CC4)nccc3n2Cc2cc(Cl)ccn2)c(Cl)c1. The predicted molar refractivity (Wildman–Crippen MR) is 143 cm³/mol. The first-order valence-corrected chi connectivity index (χ1v) is 12.8. The van der Waals surface area contributed by atoms with Crippen molar-refractivity contribution in [2.75, 3.05) is 27.2 Å². The second-order valence-electron chi connectivity index (χ2n) is 9.67. The van der Waals surface area contributed by atoms with E-state index in [-0.39, 0.29) is 5.60 Å². The fourth-order valence-corrected chi connectivity index (χ4v) is 4.45. The molecule has 0 aliphatic heterocycles. The summed E-state index contributed by atoms with van der Waals surface area (Å²) >= 11 is 13.0. The zero-order valence-corrected chi connectivity index (χ0v) is 22.2. The lowest BCUT2D eigenvalue weighted by molar-refractivity contribution is 0.194. The zero-order valence-electron chi connectivity index (χ0n) is 20.7. The summed E-state index contributed by atoms with van der Waals surface area (Å²) in [6.45, 7) is 4.14. The number of nitrogens with zero attached hydrogens (tertiary/aromatic N) is 5. The Morgan fingerprint density at radius 3 is 2.58 bits per heavy atom. The molecule has 188 valence electrons. The maximum Gasteiger partial charge on any atom is 0.242 e. The molecular weight excluding hydrogens is 497 g/mol. The van der Waals surface area contributed by atoms with Crippen LogP contribution in [-0.4, -0.2) is 57.3 Å². The summed E-state index contributed by atoms with van der Waals surface area (Å²) in [5, 5.41) is 1.19. The number of fused-ring (bicyclic) bond motifs is 1. The maximum atomic E-state index is 6.79. The highest BCUT2D eigenvalue weighted by Crippen LogP contribution is 2.41. The molecule has 1 saturated carbocycles. The van der Waals surface area contributed by atoms with Crippen LogP contribution < -0.4 is 9.47 Å². The second-order valence-corrected chi connectivity index (χ2v) is 10.5. The fourth-order valence-electron chi connectivity index (χ4n) is 4.02. The average molecular weight is 526 g/mol. The lowest BCUT2D eigenvalue weighted by Gasteiger charge is -2.13. The normalized spacial score (nSPS) is 14.4. The van der Waals surface area contributed by atoms with Crippen LogP contribution in [-0.2, 0) is 6.54 Å². The van der Waals surface area contributed by atoms with Gasteiger partial charge in [0, 0.05) is 29.5 Å². The van der Waals surface area contributed by atoms with Gasteiger partial charge < -0.3 is 18.9 Å². The van der Waals surface area contributed by atoms with Gasteiger partial charge in [-0.2, -0.15) is 0 Å². The molecule has 0 N–H and O–H groups in total. The molecule has 3 heterocycles. The third-order valence-electron chi connectivity index (χ3n) is 6.23. The quantitative estimate of drug-likeness (QED) is 0.232. The van der Waals surface area contributed by atoms with E-state index < -0.39 is 0 Å². The highest BCUT2D eigenvalue weighted by molar-refractivity contribution is 6.33. The van der Waals surface area contributed by atoms with Crippen LogP contribution in [0.15, 0.2) is 48.8 Å². The molecule has 0 saturated heterocycles. The van der Waals surface area contributed by atoms with Crippen molar-refractivity contribution in [2.24, 2.45) is 0 Å². The topological polar surface area (TPSA) is 65.3 Å². The Labute approximate surface area is 221 Å². The van der Waals surface area contributed by atoms with Gasteiger partial charge in [0.1, 0.15) is 17.2 Å². The Hall–Kier alpha value is -2.87. The number of aromatic nitrogens is 4. The Kier molecular flexibility index (Phi) is 7.06. The molecule has 0 spiro atoms. The van der Waals surface area contributed by atoms with Crippen LogP contribution in [0.2, 0.25) is 10.0 Å². The van der Waals surface area contributed by atoms with E-state index in [9.17, 15) is 0 Å². The van der Waals surface area contributed by atoms with Crippen LogP contribution in [0.5, 0.6) is 11.6 Å². The van der Waals surface area contributed by atoms with Crippen molar-refractivity contribution in [3.05, 3.63) is 64.5 Å². The molecule has 0 unspecified atom stereocenters. The molecule has 36 heavy (non-hydrogen) atoms. The summed E-state index contributed by atoms with van der Waals surface area (Å²) in [6.07, 6.45) is 6.41. The first-order chi connectivity index (χ1) is 17.3. The van der Waals surface area contributed by atoms with Crippen LogP contribution in [0.25, 0.3) is 22.4 Å². The Bertz CT molecular complexity index is 1380. The molecule has 1 aromatic carbocycles. The molecular formula is C27H29Cl2N5O2. The number of benzene rings is 1. The van der Waals surface area contributed by atoms with Crippen molar-refractivity contribution in [1.29, 1.82) is 0 Å². The van der Waals surface area contributed by atoms with E-state index in [1.165, 1.54) is 0 Å². The van der Waals surface area contributed by atoms with Crippen LogP contribution in [0.3, 0.4) is 0 Å². The summed E-state index contributed by atoms with van der Waals surface area (Å²) in [7, 11) is 4.10. The van der Waals surface area contributed by atoms with Crippen molar-refractivity contribution in [1.82, 2.24) is 24.4 Å². The first kappa shape index (κ1) is 24.8. The third kappa shape index (κ3) is 5.59. The molecule has 0 atom stereocenters. The van der Waals surface area contributed by atoms with Gasteiger partial charge in [-0.25, -0.2) is 9.97 Å². The molecule has 9 heteroatoms. The predicted octanol–water partition coefficient (Wildman–Crippen LogP) is 6.11. The molecule has 1 aliphatic carbocycles. The molecule has 0 bridgehead atoms. The molecule has 0 radical (unpaired) electrons. The number of halogens is 2. The van der Waals surface area contributed by atoms with Crippen LogP contribution in [0.1, 0.15) is 31.9 Å². The summed E-state index contributed by atoms with van der Waals surface area (Å²) in [6, 6.07) is 11.3. The molecule has 3 aromatic heterocycles. The molecule has 0 amide bonds. The van der Waals surface area contributed by atoms with E-state index in [0.717, 1.165) is 48.3 Å². The van der Waals surface area contributed by atoms with E-state index in [2.05, 4.69) is 26.4 Å². The number of pyridine rings is 2. The van der Waals surface area contributed by atoms with Crippen molar-refractivity contribution in [3.8, 4) is 23.0 Å². The second kappa shape index (κ2) is 10.2. The summed E-state index contributed by atoms with van der Waals surface area (Å²) in [5.41, 5.74) is 3.01. The van der Waals surface area contributed by atoms with Gasteiger partial charge in [-0.05, 0) is 76.7 Å². The molecule has 4 aromatic rings. The highest BCUT2D eigenvalue weighted by Gasteiger charge is 2.41. The Morgan fingerprint density at radius 1 is 1.06 bits per heavy atom. The van der Waals surface area contributed by atoms with Crippen LogP contribution >= 0.6 is 23.2 Å². The third-order valence-corrected chi connectivity index (χ3v) is 6.78. The van der Waals surface area contributed by atoms with Crippen molar-refractivity contribution in [2.45, 2.75) is 38.3 Å². The highest BCUT2D eigenvalue weighted by atomic mass is 35.5. The molecule has 1 fully saturated rings. The van der Waals surface area contributed by atoms with Crippen molar-refractivity contribution in [3.63, 3.8) is 0 Å². The number of rotatable bonds is 10. The van der Waals surface area contributed by atoms with Gasteiger partial charge in [-0.15, -0.1) is 0 Å². The van der Waals surface area contributed by atoms with E-state index in [1.54, 1.807) is 18.5 Å². The number of ether oxygens (including phenoxy) is 2. The summed E-state index contributed by atoms with van der Waals surface area (Å²) < 4.78 is 14.2. The number of imidazole rings is 1. The van der Waals surface area contributed by atoms with E-state index >= 15 is 0 Å². The average Bonchev–Trinajstić information content (AvgIpc) is 3.45. The van der Waals surface area contributed by atoms with Crippen LogP contribution in [0.4, 0.5) is 0 Å².